The summed E-state index contributed by atoms with van der Waals surface area (Å²) in [5.74, 6) is -0.849. The van der Waals surface area contributed by atoms with E-state index < -0.39 is 34.1 Å². The lowest BCUT2D eigenvalue weighted by atomic mass is 10.0. The van der Waals surface area contributed by atoms with Gasteiger partial charge in [-0.15, -0.1) is 0 Å². The van der Waals surface area contributed by atoms with Crippen LogP contribution in [0.15, 0.2) is 114 Å². The van der Waals surface area contributed by atoms with Crippen molar-refractivity contribution >= 4 is 39.1 Å². The molecule has 7 nitrogen and oxygen atoms in total. The van der Waals surface area contributed by atoms with Crippen LogP contribution in [-0.2, 0) is 32.6 Å². The fraction of sp³-hybridized carbons (Fsp3) is 0.257. The van der Waals surface area contributed by atoms with Gasteiger partial charge in [-0.3, -0.25) is 13.9 Å². The minimum atomic E-state index is -4.18. The smallest absolute Gasteiger partial charge is 0.264 e. The molecule has 0 aliphatic heterocycles. The van der Waals surface area contributed by atoms with Gasteiger partial charge in [0.05, 0.1) is 10.6 Å². The van der Waals surface area contributed by atoms with Crippen LogP contribution in [0.4, 0.5) is 5.69 Å². The molecule has 230 valence electrons. The van der Waals surface area contributed by atoms with E-state index in [1.807, 2.05) is 81.4 Å². The first-order valence-corrected chi connectivity index (χ1v) is 16.2. The standard InChI is InChI=1S/C35H38ClN3O4S/c1-26-22-29(36)20-21-31(26)39(44(42,43)30-18-12-7-13-19-30)25-33(40)38(24-28-16-10-6-11-17-28)32(34(41)37-35(2,3)4)23-27-14-8-5-9-15-27/h5-22,32H,23-25H2,1-4H3,(H,37,41)/t32-/m0/s1. The summed E-state index contributed by atoms with van der Waals surface area (Å²) in [6, 6.07) is 30.8. The molecule has 0 unspecified atom stereocenters. The van der Waals surface area contributed by atoms with E-state index in [1.54, 1.807) is 43.3 Å². The molecule has 0 aromatic heterocycles. The summed E-state index contributed by atoms with van der Waals surface area (Å²) in [7, 11) is -4.18. The van der Waals surface area contributed by atoms with Crippen molar-refractivity contribution in [3.63, 3.8) is 0 Å². The van der Waals surface area contributed by atoms with Crippen LogP contribution >= 0.6 is 11.6 Å². The predicted molar refractivity (Wildman–Crippen MR) is 176 cm³/mol. The van der Waals surface area contributed by atoms with Gasteiger partial charge in [0.15, 0.2) is 0 Å². The second kappa shape index (κ2) is 14.1. The molecular weight excluding hydrogens is 594 g/mol. The first kappa shape index (κ1) is 32.8. The number of aryl methyl sites for hydroxylation is 1. The zero-order chi connectivity index (χ0) is 31.9. The number of hydrogen-bond donors (Lipinski definition) is 1. The number of halogens is 1. The minimum Gasteiger partial charge on any atom is -0.350 e. The lowest BCUT2D eigenvalue weighted by Gasteiger charge is -2.35. The van der Waals surface area contributed by atoms with Gasteiger partial charge in [0, 0.05) is 23.5 Å². The molecule has 44 heavy (non-hydrogen) atoms. The Labute approximate surface area is 265 Å². The highest BCUT2D eigenvalue weighted by Gasteiger charge is 2.36. The molecule has 9 heteroatoms. The number of carbonyl (C=O) groups excluding carboxylic acids is 2. The van der Waals surface area contributed by atoms with Crippen molar-refractivity contribution in [2.45, 2.75) is 57.1 Å². The molecule has 1 atom stereocenters. The third-order valence-corrected chi connectivity index (χ3v) is 9.01. The summed E-state index contributed by atoms with van der Waals surface area (Å²) < 4.78 is 29.3. The zero-order valence-electron chi connectivity index (χ0n) is 25.4. The molecular formula is C35H38ClN3O4S. The molecule has 2 amide bonds. The highest BCUT2D eigenvalue weighted by molar-refractivity contribution is 7.92. The van der Waals surface area contributed by atoms with Gasteiger partial charge in [-0.1, -0.05) is 90.5 Å². The Morgan fingerprint density at radius 1 is 0.818 bits per heavy atom. The molecule has 4 aromatic rings. The van der Waals surface area contributed by atoms with E-state index in [-0.39, 0.29) is 23.8 Å². The second-order valence-corrected chi connectivity index (χ2v) is 14.0. The quantitative estimate of drug-likeness (QED) is 0.208. The molecule has 0 bridgehead atoms. The Balaban J connectivity index is 1.82. The normalized spacial score (nSPS) is 12.3. The fourth-order valence-corrected chi connectivity index (χ4v) is 6.65. The number of benzene rings is 4. The van der Waals surface area contributed by atoms with Crippen molar-refractivity contribution in [1.29, 1.82) is 0 Å². The number of nitrogens with one attached hydrogen (secondary N) is 1. The highest BCUT2D eigenvalue weighted by atomic mass is 35.5. The Hall–Kier alpha value is -4.14. The van der Waals surface area contributed by atoms with Crippen LogP contribution in [-0.4, -0.2) is 43.3 Å². The average molecular weight is 632 g/mol. The van der Waals surface area contributed by atoms with Crippen LogP contribution in [0.25, 0.3) is 0 Å². The van der Waals surface area contributed by atoms with Crippen LogP contribution in [0, 0.1) is 6.92 Å². The fourth-order valence-electron chi connectivity index (χ4n) is 4.92. The van der Waals surface area contributed by atoms with Crippen LogP contribution in [0.5, 0.6) is 0 Å². The van der Waals surface area contributed by atoms with Gasteiger partial charge in [0.25, 0.3) is 10.0 Å². The molecule has 0 saturated heterocycles. The van der Waals surface area contributed by atoms with Crippen LogP contribution in [0.1, 0.15) is 37.5 Å². The maximum Gasteiger partial charge on any atom is 0.264 e. The van der Waals surface area contributed by atoms with Crippen molar-refractivity contribution in [2.24, 2.45) is 0 Å². The van der Waals surface area contributed by atoms with E-state index >= 15 is 0 Å². The van der Waals surface area contributed by atoms with E-state index in [1.165, 1.54) is 17.0 Å². The van der Waals surface area contributed by atoms with E-state index in [9.17, 15) is 18.0 Å². The van der Waals surface area contributed by atoms with Crippen molar-refractivity contribution in [2.75, 3.05) is 10.8 Å². The van der Waals surface area contributed by atoms with Gasteiger partial charge in [-0.2, -0.15) is 0 Å². The molecule has 0 saturated carbocycles. The Morgan fingerprint density at radius 2 is 1.36 bits per heavy atom. The van der Waals surface area contributed by atoms with E-state index in [0.717, 1.165) is 15.4 Å². The Kier molecular flexibility index (Phi) is 10.5. The first-order valence-electron chi connectivity index (χ1n) is 14.4. The van der Waals surface area contributed by atoms with Crippen molar-refractivity contribution in [1.82, 2.24) is 10.2 Å². The SMILES string of the molecule is Cc1cc(Cl)ccc1N(CC(=O)N(Cc1ccccc1)[C@@H](Cc1ccccc1)C(=O)NC(C)(C)C)S(=O)(=O)c1ccccc1. The number of rotatable bonds is 11. The summed E-state index contributed by atoms with van der Waals surface area (Å²) in [4.78, 5) is 29.9. The minimum absolute atomic E-state index is 0.0445. The van der Waals surface area contributed by atoms with Crippen molar-refractivity contribution in [3.05, 3.63) is 131 Å². The van der Waals surface area contributed by atoms with Gasteiger partial charge in [-0.05, 0) is 74.7 Å². The molecule has 0 heterocycles. The van der Waals surface area contributed by atoms with Crippen LogP contribution in [0.2, 0.25) is 5.02 Å². The third kappa shape index (κ3) is 8.49. The predicted octanol–water partition coefficient (Wildman–Crippen LogP) is 6.40. The highest BCUT2D eigenvalue weighted by Crippen LogP contribution is 2.29. The summed E-state index contributed by atoms with van der Waals surface area (Å²) in [6.45, 7) is 6.96. The molecule has 4 rings (SSSR count). The average Bonchev–Trinajstić information content (AvgIpc) is 2.98. The van der Waals surface area contributed by atoms with Gasteiger partial charge in [0.1, 0.15) is 12.6 Å². The molecule has 0 fully saturated rings. The number of nitrogens with zero attached hydrogens (tertiary/aromatic N) is 2. The Bertz CT molecular complexity index is 1680. The lowest BCUT2D eigenvalue weighted by molar-refractivity contribution is -0.140. The molecule has 0 spiro atoms. The second-order valence-electron chi connectivity index (χ2n) is 11.7. The number of carbonyl (C=O) groups is 2. The van der Waals surface area contributed by atoms with Crippen LogP contribution < -0.4 is 9.62 Å². The maximum atomic E-state index is 14.5. The number of anilines is 1. The first-order chi connectivity index (χ1) is 20.8. The molecule has 0 aliphatic carbocycles. The largest absolute Gasteiger partial charge is 0.350 e. The zero-order valence-corrected chi connectivity index (χ0v) is 27.0. The summed E-state index contributed by atoms with van der Waals surface area (Å²) in [6.07, 6.45) is 0.243. The maximum absolute atomic E-state index is 14.5. The molecule has 0 aliphatic rings. The topological polar surface area (TPSA) is 86.8 Å². The lowest BCUT2D eigenvalue weighted by Crippen LogP contribution is -2.56. The van der Waals surface area contributed by atoms with Gasteiger partial charge < -0.3 is 10.2 Å². The molecule has 4 aromatic carbocycles. The third-order valence-electron chi connectivity index (χ3n) is 7.00. The van der Waals surface area contributed by atoms with E-state index in [4.69, 9.17) is 11.6 Å². The summed E-state index contributed by atoms with van der Waals surface area (Å²) in [5, 5.41) is 3.48. The molecule has 1 N–H and O–H groups in total. The van der Waals surface area contributed by atoms with Crippen molar-refractivity contribution < 1.29 is 18.0 Å². The Morgan fingerprint density at radius 3 is 1.91 bits per heavy atom. The number of amides is 2. The summed E-state index contributed by atoms with van der Waals surface area (Å²) >= 11 is 6.22. The monoisotopic (exact) mass is 631 g/mol. The number of sulfonamides is 1. The van der Waals surface area contributed by atoms with Gasteiger partial charge in [-0.25, -0.2) is 8.42 Å². The van der Waals surface area contributed by atoms with Gasteiger partial charge >= 0.3 is 0 Å². The van der Waals surface area contributed by atoms with Crippen LogP contribution in [0.3, 0.4) is 0 Å². The van der Waals surface area contributed by atoms with E-state index in [2.05, 4.69) is 5.32 Å². The van der Waals surface area contributed by atoms with E-state index in [0.29, 0.717) is 16.3 Å². The molecule has 0 radical (unpaired) electrons. The summed E-state index contributed by atoms with van der Waals surface area (Å²) in [5.41, 5.74) is 2.03. The van der Waals surface area contributed by atoms with Crippen molar-refractivity contribution in [3.8, 4) is 0 Å². The number of hydrogen-bond acceptors (Lipinski definition) is 4. The van der Waals surface area contributed by atoms with Gasteiger partial charge in [0.2, 0.25) is 11.8 Å².